The van der Waals surface area contributed by atoms with Crippen LogP contribution >= 0.6 is 11.3 Å². The van der Waals surface area contributed by atoms with E-state index < -0.39 is 5.82 Å². The number of hydrogen-bond donors (Lipinski definition) is 3. The number of rotatable bonds is 5. The predicted octanol–water partition coefficient (Wildman–Crippen LogP) is 3.13. The SMILES string of the molecule is N=Cc1c(N)ncnc1-c1ccc(CNC(=O)c2nc3c(s2)CCCC3)c(F)c1. The Bertz CT molecular complexity index is 1070. The summed E-state index contributed by atoms with van der Waals surface area (Å²) in [5.41, 5.74) is 8.33. The van der Waals surface area contributed by atoms with Crippen LogP contribution in [0.4, 0.5) is 10.2 Å². The van der Waals surface area contributed by atoms with Crippen LogP contribution < -0.4 is 11.1 Å². The molecule has 1 amide bonds. The smallest absolute Gasteiger partial charge is 0.280 e. The minimum atomic E-state index is -0.477. The van der Waals surface area contributed by atoms with Crippen LogP contribution in [-0.4, -0.2) is 27.1 Å². The van der Waals surface area contributed by atoms with Gasteiger partial charge in [-0.15, -0.1) is 11.3 Å². The highest BCUT2D eigenvalue weighted by Crippen LogP contribution is 2.27. The number of halogens is 1. The molecule has 2 heterocycles. The van der Waals surface area contributed by atoms with Crippen molar-refractivity contribution in [1.82, 2.24) is 20.3 Å². The number of nitrogens with two attached hydrogens (primary N) is 1. The summed E-state index contributed by atoms with van der Waals surface area (Å²) in [5, 5.41) is 10.7. The van der Waals surface area contributed by atoms with Crippen LogP contribution in [0.1, 0.15) is 44.3 Å². The molecule has 7 nitrogen and oxygen atoms in total. The molecule has 4 rings (SSSR count). The zero-order valence-electron chi connectivity index (χ0n) is 15.5. The summed E-state index contributed by atoms with van der Waals surface area (Å²) in [6, 6.07) is 4.59. The minimum Gasteiger partial charge on any atom is -0.383 e. The zero-order valence-corrected chi connectivity index (χ0v) is 16.4. The summed E-state index contributed by atoms with van der Waals surface area (Å²) in [4.78, 5) is 26.0. The Morgan fingerprint density at radius 2 is 2.14 bits per heavy atom. The fourth-order valence-electron chi connectivity index (χ4n) is 3.32. The summed E-state index contributed by atoms with van der Waals surface area (Å²) < 4.78 is 14.6. The maximum atomic E-state index is 14.6. The van der Waals surface area contributed by atoms with Crippen molar-refractivity contribution in [2.24, 2.45) is 0 Å². The number of nitrogens with zero attached hydrogens (tertiary/aromatic N) is 3. The van der Waals surface area contributed by atoms with Crippen molar-refractivity contribution < 1.29 is 9.18 Å². The van der Waals surface area contributed by atoms with Gasteiger partial charge in [0, 0.05) is 28.8 Å². The summed E-state index contributed by atoms with van der Waals surface area (Å²) in [5.74, 6) is -0.607. The average molecular weight is 410 g/mol. The molecular formula is C20H19FN6OS. The first-order valence-corrected chi connectivity index (χ1v) is 10.0. The van der Waals surface area contributed by atoms with E-state index in [4.69, 9.17) is 11.1 Å². The van der Waals surface area contributed by atoms with Gasteiger partial charge in [-0.3, -0.25) is 4.79 Å². The number of nitrogens with one attached hydrogen (secondary N) is 2. The van der Waals surface area contributed by atoms with Crippen LogP contribution in [0.25, 0.3) is 11.3 Å². The van der Waals surface area contributed by atoms with E-state index in [0.717, 1.165) is 37.6 Å². The first-order valence-electron chi connectivity index (χ1n) is 9.23. The number of aryl methyl sites for hydroxylation is 2. The van der Waals surface area contributed by atoms with Crippen molar-refractivity contribution >= 4 is 29.3 Å². The Morgan fingerprint density at radius 1 is 1.31 bits per heavy atom. The molecule has 9 heteroatoms. The summed E-state index contributed by atoms with van der Waals surface area (Å²) in [6.45, 7) is 0.0541. The molecule has 148 valence electrons. The monoisotopic (exact) mass is 410 g/mol. The van der Waals surface area contributed by atoms with Crippen LogP contribution in [0, 0.1) is 11.2 Å². The Balaban J connectivity index is 1.49. The van der Waals surface area contributed by atoms with Crippen LogP contribution in [0.5, 0.6) is 0 Å². The fraction of sp³-hybridized carbons (Fsp3) is 0.250. The molecule has 0 spiro atoms. The van der Waals surface area contributed by atoms with Gasteiger partial charge in [0.15, 0.2) is 5.01 Å². The minimum absolute atomic E-state index is 0.0541. The third kappa shape index (κ3) is 3.86. The maximum Gasteiger partial charge on any atom is 0.280 e. The van der Waals surface area contributed by atoms with E-state index in [1.165, 1.54) is 28.6 Å². The van der Waals surface area contributed by atoms with Crippen molar-refractivity contribution in [2.45, 2.75) is 32.2 Å². The first-order chi connectivity index (χ1) is 14.1. The van der Waals surface area contributed by atoms with Gasteiger partial charge in [0.25, 0.3) is 5.91 Å². The molecule has 3 aromatic rings. The Morgan fingerprint density at radius 3 is 2.90 bits per heavy atom. The fourth-order valence-corrected chi connectivity index (χ4v) is 4.39. The lowest BCUT2D eigenvalue weighted by atomic mass is 10.0. The second kappa shape index (κ2) is 8.04. The molecule has 2 aromatic heterocycles. The normalized spacial score (nSPS) is 13.0. The lowest BCUT2D eigenvalue weighted by molar-refractivity contribution is 0.0950. The molecule has 1 aromatic carbocycles. The highest BCUT2D eigenvalue weighted by atomic mass is 32.1. The van der Waals surface area contributed by atoms with Crippen molar-refractivity contribution in [3.8, 4) is 11.3 Å². The second-order valence-electron chi connectivity index (χ2n) is 6.75. The van der Waals surface area contributed by atoms with E-state index in [9.17, 15) is 9.18 Å². The van der Waals surface area contributed by atoms with Gasteiger partial charge < -0.3 is 16.5 Å². The molecule has 0 bridgehead atoms. The molecule has 4 N–H and O–H groups in total. The quantitative estimate of drug-likeness (QED) is 0.559. The third-order valence-electron chi connectivity index (χ3n) is 4.86. The lowest BCUT2D eigenvalue weighted by Crippen LogP contribution is -2.23. The first kappa shape index (κ1) is 19.1. The van der Waals surface area contributed by atoms with Gasteiger partial charge in [-0.2, -0.15) is 0 Å². The predicted molar refractivity (Wildman–Crippen MR) is 110 cm³/mol. The van der Waals surface area contributed by atoms with E-state index in [1.807, 2.05) is 0 Å². The van der Waals surface area contributed by atoms with Crippen molar-refractivity contribution in [3.63, 3.8) is 0 Å². The van der Waals surface area contributed by atoms with Crippen molar-refractivity contribution in [1.29, 1.82) is 5.41 Å². The molecule has 29 heavy (non-hydrogen) atoms. The van der Waals surface area contributed by atoms with Gasteiger partial charge in [0.05, 0.1) is 17.0 Å². The number of amides is 1. The van der Waals surface area contributed by atoms with E-state index in [1.54, 1.807) is 12.1 Å². The molecule has 0 saturated heterocycles. The van der Waals surface area contributed by atoms with Crippen molar-refractivity contribution in [2.75, 3.05) is 5.73 Å². The van der Waals surface area contributed by atoms with Crippen LogP contribution in [0.2, 0.25) is 0 Å². The Hall–Kier alpha value is -3.20. The highest BCUT2D eigenvalue weighted by molar-refractivity contribution is 7.13. The van der Waals surface area contributed by atoms with Gasteiger partial charge in [0.2, 0.25) is 0 Å². The summed E-state index contributed by atoms with van der Waals surface area (Å²) in [7, 11) is 0. The van der Waals surface area contributed by atoms with E-state index >= 15 is 0 Å². The number of carbonyl (C=O) groups is 1. The lowest BCUT2D eigenvalue weighted by Gasteiger charge is -2.09. The van der Waals surface area contributed by atoms with Gasteiger partial charge in [-0.05, 0) is 31.7 Å². The number of aromatic nitrogens is 3. The van der Waals surface area contributed by atoms with Crippen molar-refractivity contribution in [3.05, 3.63) is 57.0 Å². The molecule has 0 radical (unpaired) electrons. The summed E-state index contributed by atoms with van der Waals surface area (Å²) >= 11 is 1.42. The largest absolute Gasteiger partial charge is 0.383 e. The second-order valence-corrected chi connectivity index (χ2v) is 7.83. The van der Waals surface area contributed by atoms with Gasteiger partial charge in [0.1, 0.15) is 18.0 Å². The van der Waals surface area contributed by atoms with Crippen LogP contribution in [0.15, 0.2) is 24.5 Å². The van der Waals surface area contributed by atoms with Crippen LogP contribution in [0.3, 0.4) is 0 Å². The van der Waals surface area contributed by atoms with Gasteiger partial charge >= 0.3 is 0 Å². The van der Waals surface area contributed by atoms with Gasteiger partial charge in [-0.1, -0.05) is 12.1 Å². The van der Waals surface area contributed by atoms with Crippen LogP contribution in [-0.2, 0) is 19.4 Å². The molecule has 0 aliphatic heterocycles. The number of anilines is 1. The van der Waals surface area contributed by atoms with E-state index in [0.29, 0.717) is 27.4 Å². The van der Waals surface area contributed by atoms with Gasteiger partial charge in [-0.25, -0.2) is 19.3 Å². The Labute approximate surface area is 170 Å². The highest BCUT2D eigenvalue weighted by Gasteiger charge is 2.19. The number of thiazole rings is 1. The van der Waals surface area contributed by atoms with E-state index in [-0.39, 0.29) is 18.3 Å². The summed E-state index contributed by atoms with van der Waals surface area (Å²) in [6.07, 6.45) is 6.45. The third-order valence-corrected chi connectivity index (χ3v) is 6.02. The Kier molecular flexibility index (Phi) is 5.30. The number of nitrogen functional groups attached to an aromatic ring is 1. The number of hydrogen-bond acceptors (Lipinski definition) is 7. The standard InChI is InChI=1S/C20H19FN6OS/c21-14-7-11(17-13(8-22)18(23)26-10-25-17)5-6-12(14)9-24-19(28)20-27-15-3-1-2-4-16(15)29-20/h5-8,10,22H,1-4,9H2,(H,24,28)(H2,23,25,26). The number of fused-ring (bicyclic) bond motifs is 1. The molecule has 0 unspecified atom stereocenters. The molecule has 1 aliphatic rings. The van der Waals surface area contributed by atoms with E-state index in [2.05, 4.69) is 20.3 Å². The topological polar surface area (TPSA) is 118 Å². The molecule has 1 aliphatic carbocycles. The maximum absolute atomic E-state index is 14.6. The molecule has 0 saturated carbocycles. The molecular weight excluding hydrogens is 391 g/mol. The molecule has 0 atom stereocenters. The average Bonchev–Trinajstić information content (AvgIpc) is 3.17. The zero-order chi connectivity index (χ0) is 20.4. The molecule has 0 fully saturated rings. The number of carbonyl (C=O) groups excluding carboxylic acids is 1. The number of benzene rings is 1.